The highest BCUT2D eigenvalue weighted by atomic mass is 16.5. The third-order valence-corrected chi connectivity index (χ3v) is 2.14. The van der Waals surface area contributed by atoms with E-state index in [0.29, 0.717) is 12.2 Å². The van der Waals surface area contributed by atoms with Gasteiger partial charge in [0.1, 0.15) is 0 Å². The van der Waals surface area contributed by atoms with Crippen LogP contribution in [0.2, 0.25) is 0 Å². The van der Waals surface area contributed by atoms with E-state index in [1.165, 1.54) is 0 Å². The van der Waals surface area contributed by atoms with Gasteiger partial charge < -0.3 is 9.84 Å². The normalized spacial score (nSPS) is 12.2. The van der Waals surface area contributed by atoms with E-state index in [4.69, 9.17) is 4.74 Å². The van der Waals surface area contributed by atoms with Gasteiger partial charge in [-0.2, -0.15) is 0 Å². The fourth-order valence-corrected chi connectivity index (χ4v) is 1.25. The van der Waals surface area contributed by atoms with Gasteiger partial charge in [-0.15, -0.1) is 0 Å². The Hall–Kier alpha value is -0.830. The van der Waals surface area contributed by atoms with Crippen LogP contribution in [0.5, 0.6) is 0 Å². The van der Waals surface area contributed by atoms with Crippen LogP contribution in [0.25, 0.3) is 0 Å². The molecule has 0 radical (unpaired) electrons. The summed E-state index contributed by atoms with van der Waals surface area (Å²) in [7, 11) is 0. The molecule has 0 aliphatic heterocycles. The van der Waals surface area contributed by atoms with Crippen LogP contribution in [0.1, 0.15) is 46.0 Å². The van der Waals surface area contributed by atoms with Crippen molar-refractivity contribution in [3.63, 3.8) is 0 Å². The molecule has 3 nitrogen and oxygen atoms in total. The average molecular weight is 214 g/mol. The summed E-state index contributed by atoms with van der Waals surface area (Å²) in [5.41, 5.74) is 0.431. The molecule has 0 fully saturated rings. The molecule has 0 spiro atoms. The number of ether oxygens (including phenoxy) is 1. The van der Waals surface area contributed by atoms with E-state index in [2.05, 4.69) is 13.5 Å². The number of aliphatic hydroxyl groups excluding tert-OH is 1. The van der Waals surface area contributed by atoms with Gasteiger partial charge in [-0.3, -0.25) is 0 Å². The van der Waals surface area contributed by atoms with Crippen LogP contribution in [0.4, 0.5) is 0 Å². The molecule has 0 aliphatic carbocycles. The summed E-state index contributed by atoms with van der Waals surface area (Å²) in [5.74, 6) is -0.330. The molecule has 88 valence electrons. The highest BCUT2D eigenvalue weighted by Crippen LogP contribution is 2.06. The molecule has 1 N–H and O–H groups in total. The molecule has 0 saturated carbocycles. The maximum absolute atomic E-state index is 11.0. The lowest BCUT2D eigenvalue weighted by atomic mass is 10.1. The molecule has 0 aliphatic rings. The Morgan fingerprint density at radius 1 is 1.40 bits per heavy atom. The second-order valence-electron chi connectivity index (χ2n) is 3.85. The Balaban J connectivity index is 3.32. The largest absolute Gasteiger partial charge is 0.462 e. The van der Waals surface area contributed by atoms with Gasteiger partial charge in [-0.05, 0) is 32.6 Å². The van der Waals surface area contributed by atoms with Crippen molar-refractivity contribution < 1.29 is 14.6 Å². The van der Waals surface area contributed by atoms with Gasteiger partial charge in [0.05, 0.1) is 12.7 Å². The van der Waals surface area contributed by atoms with Crippen molar-refractivity contribution in [2.75, 3.05) is 6.61 Å². The maximum atomic E-state index is 11.0. The minimum atomic E-state index is -0.330. The number of hydrogen-bond acceptors (Lipinski definition) is 3. The number of aliphatic hydroxyl groups is 1. The topological polar surface area (TPSA) is 46.5 Å². The fourth-order valence-electron chi connectivity index (χ4n) is 1.25. The van der Waals surface area contributed by atoms with E-state index in [-0.39, 0.29) is 12.1 Å². The first-order chi connectivity index (χ1) is 7.07. The van der Waals surface area contributed by atoms with Gasteiger partial charge in [-0.1, -0.05) is 19.9 Å². The van der Waals surface area contributed by atoms with Crippen LogP contribution in [0.3, 0.4) is 0 Å². The van der Waals surface area contributed by atoms with Crippen LogP contribution >= 0.6 is 0 Å². The first-order valence-electron chi connectivity index (χ1n) is 5.58. The van der Waals surface area contributed by atoms with Crippen LogP contribution in [-0.2, 0) is 9.53 Å². The second-order valence-corrected chi connectivity index (χ2v) is 3.85. The number of carbonyl (C=O) groups is 1. The molecule has 0 bridgehead atoms. The van der Waals surface area contributed by atoms with E-state index in [9.17, 15) is 9.90 Å². The predicted octanol–water partition coefficient (Wildman–Crippen LogP) is 2.44. The molecule has 0 heterocycles. The van der Waals surface area contributed by atoms with Gasteiger partial charge in [-0.25, -0.2) is 4.79 Å². The summed E-state index contributed by atoms with van der Waals surface area (Å²) < 4.78 is 4.93. The van der Waals surface area contributed by atoms with Crippen molar-refractivity contribution in [3.8, 4) is 0 Å². The number of unbranched alkanes of at least 4 members (excludes halogenated alkanes) is 1. The molecule has 0 aromatic rings. The van der Waals surface area contributed by atoms with E-state index >= 15 is 0 Å². The molecular formula is C12H22O3. The Morgan fingerprint density at radius 3 is 2.60 bits per heavy atom. The Kier molecular flexibility index (Phi) is 8.01. The molecule has 0 saturated heterocycles. The second kappa shape index (κ2) is 8.48. The van der Waals surface area contributed by atoms with Crippen molar-refractivity contribution in [1.82, 2.24) is 0 Å². The third-order valence-electron chi connectivity index (χ3n) is 2.14. The molecule has 15 heavy (non-hydrogen) atoms. The van der Waals surface area contributed by atoms with Gasteiger partial charge >= 0.3 is 5.97 Å². The number of hydrogen-bond donors (Lipinski definition) is 1. The van der Waals surface area contributed by atoms with Crippen LogP contribution in [0.15, 0.2) is 12.2 Å². The highest BCUT2D eigenvalue weighted by molar-refractivity contribution is 5.86. The Bertz CT molecular complexity index is 199. The molecule has 0 aromatic carbocycles. The lowest BCUT2D eigenvalue weighted by Gasteiger charge is -2.08. The zero-order valence-corrected chi connectivity index (χ0v) is 9.79. The van der Waals surface area contributed by atoms with Crippen molar-refractivity contribution in [2.45, 2.75) is 52.1 Å². The summed E-state index contributed by atoms with van der Waals surface area (Å²) in [6.45, 7) is 7.60. The fraction of sp³-hybridized carbons (Fsp3) is 0.750. The molecular weight excluding hydrogens is 192 g/mol. The summed E-state index contributed by atoms with van der Waals surface area (Å²) in [4.78, 5) is 11.0. The SMILES string of the molecule is C=C(C)C(=O)OCCCCC(O)CCC. The summed E-state index contributed by atoms with van der Waals surface area (Å²) in [5, 5.41) is 9.42. The summed E-state index contributed by atoms with van der Waals surface area (Å²) >= 11 is 0. The Morgan fingerprint density at radius 2 is 2.07 bits per heavy atom. The van der Waals surface area contributed by atoms with Crippen LogP contribution in [-0.4, -0.2) is 23.8 Å². The zero-order chi connectivity index (χ0) is 11.7. The number of esters is 1. The third kappa shape index (κ3) is 8.18. The van der Waals surface area contributed by atoms with Crippen molar-refractivity contribution in [3.05, 3.63) is 12.2 Å². The number of rotatable bonds is 8. The standard InChI is InChI=1S/C12H22O3/c1-4-7-11(13)8-5-6-9-15-12(14)10(2)3/h11,13H,2,4-9H2,1,3H3. The van der Waals surface area contributed by atoms with Gasteiger partial charge in [0.25, 0.3) is 0 Å². The quantitative estimate of drug-likeness (QED) is 0.383. The lowest BCUT2D eigenvalue weighted by Crippen LogP contribution is -2.08. The predicted molar refractivity (Wildman–Crippen MR) is 60.5 cm³/mol. The summed E-state index contributed by atoms with van der Waals surface area (Å²) in [6, 6.07) is 0. The molecule has 1 atom stereocenters. The minimum Gasteiger partial charge on any atom is -0.462 e. The minimum absolute atomic E-state index is 0.202. The Labute approximate surface area is 92.1 Å². The smallest absolute Gasteiger partial charge is 0.333 e. The van der Waals surface area contributed by atoms with Gasteiger partial charge in [0, 0.05) is 5.57 Å². The van der Waals surface area contributed by atoms with Gasteiger partial charge in [0.15, 0.2) is 0 Å². The molecule has 1 unspecified atom stereocenters. The molecule has 3 heteroatoms. The van der Waals surface area contributed by atoms with Crippen molar-refractivity contribution >= 4 is 5.97 Å². The first-order valence-corrected chi connectivity index (χ1v) is 5.58. The van der Waals surface area contributed by atoms with Crippen molar-refractivity contribution in [1.29, 1.82) is 0 Å². The highest BCUT2D eigenvalue weighted by Gasteiger charge is 2.04. The van der Waals surface area contributed by atoms with Crippen LogP contribution in [0, 0.1) is 0 Å². The first kappa shape index (κ1) is 14.2. The van der Waals surface area contributed by atoms with Gasteiger partial charge in [0.2, 0.25) is 0 Å². The molecule has 0 amide bonds. The lowest BCUT2D eigenvalue weighted by molar-refractivity contribution is -0.139. The van der Waals surface area contributed by atoms with E-state index in [1.807, 2.05) is 0 Å². The van der Waals surface area contributed by atoms with Crippen LogP contribution < -0.4 is 0 Å². The number of carbonyl (C=O) groups excluding carboxylic acids is 1. The average Bonchev–Trinajstić information content (AvgIpc) is 2.17. The van der Waals surface area contributed by atoms with E-state index in [0.717, 1.165) is 32.1 Å². The monoisotopic (exact) mass is 214 g/mol. The zero-order valence-electron chi connectivity index (χ0n) is 9.79. The molecule has 0 rings (SSSR count). The summed E-state index contributed by atoms with van der Waals surface area (Å²) in [6.07, 6.45) is 4.15. The van der Waals surface area contributed by atoms with E-state index < -0.39 is 0 Å². The molecule has 0 aromatic heterocycles. The van der Waals surface area contributed by atoms with E-state index in [1.54, 1.807) is 6.92 Å². The maximum Gasteiger partial charge on any atom is 0.333 e. The van der Waals surface area contributed by atoms with Crippen molar-refractivity contribution in [2.24, 2.45) is 0 Å².